The van der Waals surface area contributed by atoms with Crippen molar-refractivity contribution in [1.29, 1.82) is 0 Å². The zero-order chi connectivity index (χ0) is 26.4. The first-order valence-corrected chi connectivity index (χ1v) is 14.3. The van der Waals surface area contributed by atoms with Crippen molar-refractivity contribution in [3.05, 3.63) is 89.5 Å². The lowest BCUT2D eigenvalue weighted by atomic mass is 9.38. The molecule has 6 nitrogen and oxygen atoms in total. The van der Waals surface area contributed by atoms with Crippen LogP contribution in [0.3, 0.4) is 0 Å². The molecule has 1 saturated heterocycles. The number of carbonyl (C=O) groups excluding carboxylic acids is 1. The quantitative estimate of drug-likeness (QED) is 0.305. The molecule has 2 spiro atoms. The molecule has 6 atom stereocenters. The van der Waals surface area contributed by atoms with Crippen LogP contribution in [0.2, 0.25) is 0 Å². The van der Waals surface area contributed by atoms with Gasteiger partial charge in [-0.15, -0.1) is 0 Å². The van der Waals surface area contributed by atoms with Crippen molar-refractivity contribution in [2.45, 2.75) is 61.3 Å². The maximum atomic E-state index is 13.1. The summed E-state index contributed by atoms with van der Waals surface area (Å²) in [7, 11) is 0. The summed E-state index contributed by atoms with van der Waals surface area (Å²) in [6.45, 7) is 2.08. The molecular formula is C33H34N2O4. The summed E-state index contributed by atoms with van der Waals surface area (Å²) in [5.74, 6) is 1.23. The fourth-order valence-corrected chi connectivity index (χ4v) is 8.74. The van der Waals surface area contributed by atoms with Gasteiger partial charge >= 0.3 is 0 Å². The number of aliphatic hydroxyl groups is 1. The monoisotopic (exact) mass is 522 g/mol. The summed E-state index contributed by atoms with van der Waals surface area (Å²) in [4.78, 5) is 15.8. The number of hydrogen-bond donors (Lipinski definition) is 3. The van der Waals surface area contributed by atoms with Crippen molar-refractivity contribution in [1.82, 2.24) is 10.2 Å². The molecule has 9 rings (SSSR count). The zero-order valence-electron chi connectivity index (χ0n) is 21.9. The molecule has 3 N–H and O–H groups in total. The molecule has 2 saturated carbocycles. The highest BCUT2D eigenvalue weighted by Crippen LogP contribution is 2.73. The van der Waals surface area contributed by atoms with E-state index in [4.69, 9.17) is 4.74 Å². The number of carbonyl (C=O) groups is 1. The molecule has 4 bridgehead atoms. The van der Waals surface area contributed by atoms with Crippen molar-refractivity contribution in [3.63, 3.8) is 0 Å². The van der Waals surface area contributed by atoms with E-state index in [2.05, 4.69) is 22.4 Å². The Kier molecular flexibility index (Phi) is 4.88. The number of ether oxygens (including phenoxy) is 1. The van der Waals surface area contributed by atoms with Gasteiger partial charge in [-0.2, -0.15) is 0 Å². The lowest BCUT2D eigenvalue weighted by Gasteiger charge is -2.70. The van der Waals surface area contributed by atoms with E-state index < -0.39 is 23.2 Å². The van der Waals surface area contributed by atoms with E-state index in [9.17, 15) is 15.0 Å². The summed E-state index contributed by atoms with van der Waals surface area (Å²) in [5.41, 5.74) is 1.35. The molecule has 0 unspecified atom stereocenters. The minimum atomic E-state index is -1.37. The van der Waals surface area contributed by atoms with Crippen LogP contribution in [-0.4, -0.2) is 57.9 Å². The van der Waals surface area contributed by atoms with Crippen LogP contribution in [-0.2, 0) is 16.6 Å². The topological polar surface area (TPSA) is 82.0 Å². The first-order chi connectivity index (χ1) is 18.9. The summed E-state index contributed by atoms with van der Waals surface area (Å²) in [6.07, 6.45) is 15.7. The number of hydrogen-bond acceptors (Lipinski definition) is 5. The molecule has 2 aromatic rings. The molecule has 1 amide bonds. The van der Waals surface area contributed by atoms with Gasteiger partial charge in [0.25, 0.3) is 0 Å². The normalized spacial score (nSPS) is 37.3. The Bertz CT molecular complexity index is 1450. The average molecular weight is 523 g/mol. The summed E-state index contributed by atoms with van der Waals surface area (Å²) >= 11 is 0. The zero-order valence-corrected chi connectivity index (χ0v) is 21.9. The number of nitrogens with zero attached hydrogens (tertiary/aromatic N) is 1. The Morgan fingerprint density at radius 1 is 1.13 bits per heavy atom. The third kappa shape index (κ3) is 3.13. The van der Waals surface area contributed by atoms with Gasteiger partial charge in [0.1, 0.15) is 11.7 Å². The third-order valence-electron chi connectivity index (χ3n) is 10.5. The Morgan fingerprint density at radius 3 is 2.79 bits per heavy atom. The number of nitrogens with one attached hydrogen (secondary N) is 1. The summed E-state index contributed by atoms with van der Waals surface area (Å²) < 4.78 is 6.58. The Morgan fingerprint density at radius 2 is 1.97 bits per heavy atom. The fraction of sp³-hybridized carbons (Fsp3) is 0.424. The second kappa shape index (κ2) is 8.09. The molecule has 7 aliphatic rings. The standard InChI is InChI=1S/C33H34N2O4/c36-24-13-12-23-18-26-31-14-15-33(38,25(19-31)34-27(37)9-5-4-8-21-6-2-1-3-7-21)30-32(31,28(23)29(24)39-30)16-17-35(26)20-22-10-11-22/h1-9,12-15,22,25-26,30,36,38H,10-11,16-20H2,(H,34,37)/b8-4+,9-5+/t25-,26-,30+,31+,32-,33-/m0/s1. The molecule has 2 aliphatic heterocycles. The number of rotatable bonds is 6. The minimum absolute atomic E-state index is 0.142. The molecule has 200 valence electrons. The van der Waals surface area contributed by atoms with Crippen LogP contribution in [0.5, 0.6) is 11.5 Å². The van der Waals surface area contributed by atoms with Crippen LogP contribution in [0.15, 0.2) is 72.8 Å². The van der Waals surface area contributed by atoms with Gasteiger partial charge in [0, 0.05) is 29.6 Å². The number of piperidine rings is 1. The fourth-order valence-electron chi connectivity index (χ4n) is 8.74. The van der Waals surface area contributed by atoms with E-state index in [0.29, 0.717) is 12.2 Å². The van der Waals surface area contributed by atoms with E-state index in [1.807, 2.05) is 48.6 Å². The van der Waals surface area contributed by atoms with Gasteiger partial charge < -0.3 is 20.3 Å². The van der Waals surface area contributed by atoms with E-state index in [1.54, 1.807) is 12.1 Å². The molecule has 3 fully saturated rings. The van der Waals surface area contributed by atoms with Crippen molar-refractivity contribution >= 4 is 12.0 Å². The minimum Gasteiger partial charge on any atom is -0.504 e. The maximum absolute atomic E-state index is 13.1. The van der Waals surface area contributed by atoms with Crippen LogP contribution >= 0.6 is 0 Å². The van der Waals surface area contributed by atoms with E-state index in [1.165, 1.54) is 24.5 Å². The Balaban J connectivity index is 1.14. The highest BCUT2D eigenvalue weighted by molar-refractivity contribution is 5.88. The SMILES string of the molecule is O=C(/C=C/C=C/c1ccccc1)N[C@H]1C[C@@]23C=C[C@@]1(O)[C@@H]1Oc4c(O)ccc5c4[C@@]12CCN(CC1CC1)[C@H]3C5. The van der Waals surface area contributed by atoms with Crippen molar-refractivity contribution in [2.24, 2.45) is 11.3 Å². The van der Waals surface area contributed by atoms with Gasteiger partial charge in [-0.25, -0.2) is 0 Å². The average Bonchev–Trinajstić information content (AvgIpc) is 3.68. The third-order valence-corrected chi connectivity index (χ3v) is 10.5. The number of phenols is 1. The molecule has 6 heteroatoms. The number of fused-ring (bicyclic) bond motifs is 1. The molecule has 0 radical (unpaired) electrons. The Labute approximate surface area is 228 Å². The van der Waals surface area contributed by atoms with Crippen LogP contribution in [0.4, 0.5) is 0 Å². The van der Waals surface area contributed by atoms with Gasteiger partial charge in [0.05, 0.1) is 11.5 Å². The Hall–Kier alpha value is -3.35. The van der Waals surface area contributed by atoms with Crippen molar-refractivity contribution in [2.75, 3.05) is 13.1 Å². The number of allylic oxidation sites excluding steroid dienone is 2. The first-order valence-electron chi connectivity index (χ1n) is 14.3. The van der Waals surface area contributed by atoms with E-state index >= 15 is 0 Å². The van der Waals surface area contributed by atoms with Gasteiger partial charge in [-0.05, 0) is 61.8 Å². The van der Waals surface area contributed by atoms with Crippen LogP contribution in [0.25, 0.3) is 6.08 Å². The number of amides is 1. The molecule has 0 aromatic heterocycles. The predicted molar refractivity (Wildman–Crippen MR) is 148 cm³/mol. The van der Waals surface area contributed by atoms with E-state index in [0.717, 1.165) is 43.0 Å². The number of likely N-dealkylation sites (tertiary alicyclic amines) is 1. The summed E-state index contributed by atoms with van der Waals surface area (Å²) in [6, 6.07) is 13.5. The highest BCUT2D eigenvalue weighted by atomic mass is 16.5. The molecule has 39 heavy (non-hydrogen) atoms. The van der Waals surface area contributed by atoms with Gasteiger partial charge in [0.2, 0.25) is 5.91 Å². The lowest BCUT2D eigenvalue weighted by Crippen LogP contribution is -2.81. The van der Waals surface area contributed by atoms with Gasteiger partial charge in [0.15, 0.2) is 11.5 Å². The van der Waals surface area contributed by atoms with Crippen LogP contribution in [0, 0.1) is 11.3 Å². The van der Waals surface area contributed by atoms with Crippen molar-refractivity contribution in [3.8, 4) is 11.5 Å². The molecule has 2 heterocycles. The molecule has 2 aromatic carbocycles. The van der Waals surface area contributed by atoms with Crippen LogP contribution < -0.4 is 10.1 Å². The van der Waals surface area contributed by atoms with E-state index in [-0.39, 0.29) is 23.1 Å². The lowest BCUT2D eigenvalue weighted by molar-refractivity contribution is -0.193. The summed E-state index contributed by atoms with van der Waals surface area (Å²) in [5, 5.41) is 26.3. The van der Waals surface area contributed by atoms with Gasteiger partial charge in [-0.3, -0.25) is 9.69 Å². The first kappa shape index (κ1) is 23.5. The number of benzene rings is 2. The second-order valence-corrected chi connectivity index (χ2v) is 12.5. The predicted octanol–water partition coefficient (Wildman–Crippen LogP) is 3.88. The molecule has 5 aliphatic carbocycles. The maximum Gasteiger partial charge on any atom is 0.244 e. The van der Waals surface area contributed by atoms with Crippen molar-refractivity contribution < 1.29 is 19.7 Å². The largest absolute Gasteiger partial charge is 0.504 e. The molecular weight excluding hydrogens is 488 g/mol. The number of aromatic hydroxyl groups is 1. The van der Waals surface area contributed by atoms with Crippen LogP contribution in [0.1, 0.15) is 42.4 Å². The smallest absolute Gasteiger partial charge is 0.244 e. The second-order valence-electron chi connectivity index (χ2n) is 12.5. The van der Waals surface area contributed by atoms with Gasteiger partial charge in [-0.1, -0.05) is 66.8 Å². The highest BCUT2D eigenvalue weighted by Gasteiger charge is 2.79. The number of phenolic OH excluding ortho intramolecular Hbond substituents is 1.